The summed E-state index contributed by atoms with van der Waals surface area (Å²) in [7, 11) is -0.469. The molecule has 118 valence electrons. The standard InChI is InChI=1S/C13H20N2O4S2/c1-15(21(17,18)14-6-8-19-2)10-12-9-13(20-11-12)5-3-4-7-16/h9,11,14,16H,4,6-8,10H2,1-2H3. The quantitative estimate of drug-likeness (QED) is 0.533. The van der Waals surface area contributed by atoms with Gasteiger partial charge in [0.2, 0.25) is 0 Å². The van der Waals surface area contributed by atoms with Gasteiger partial charge in [-0.3, -0.25) is 0 Å². The van der Waals surface area contributed by atoms with Gasteiger partial charge in [0.15, 0.2) is 0 Å². The van der Waals surface area contributed by atoms with Crippen LogP contribution < -0.4 is 4.72 Å². The van der Waals surface area contributed by atoms with E-state index >= 15 is 0 Å². The number of nitrogens with zero attached hydrogens (tertiary/aromatic N) is 1. The van der Waals surface area contributed by atoms with Crippen molar-refractivity contribution in [2.45, 2.75) is 13.0 Å². The first-order valence-electron chi connectivity index (χ1n) is 6.36. The van der Waals surface area contributed by atoms with E-state index in [1.807, 2.05) is 11.4 Å². The van der Waals surface area contributed by atoms with E-state index in [-0.39, 0.29) is 19.7 Å². The number of nitrogens with one attached hydrogen (secondary N) is 1. The first-order chi connectivity index (χ1) is 9.99. The fraction of sp³-hybridized carbons (Fsp3) is 0.538. The predicted octanol–water partition coefficient (Wildman–Crippen LogP) is 0.395. The molecule has 8 heteroatoms. The Morgan fingerprint density at radius 3 is 2.95 bits per heavy atom. The predicted molar refractivity (Wildman–Crippen MR) is 83.2 cm³/mol. The molecule has 0 aliphatic carbocycles. The molecule has 0 fully saturated rings. The third-order valence-electron chi connectivity index (χ3n) is 2.51. The molecule has 0 aliphatic heterocycles. The van der Waals surface area contributed by atoms with Crippen LogP contribution in [0.15, 0.2) is 11.4 Å². The minimum Gasteiger partial charge on any atom is -0.395 e. The number of aliphatic hydroxyl groups is 1. The molecule has 0 amide bonds. The Labute approximate surface area is 129 Å². The summed E-state index contributed by atoms with van der Waals surface area (Å²) in [6, 6.07) is 1.86. The lowest BCUT2D eigenvalue weighted by molar-refractivity contribution is 0.204. The number of aliphatic hydroxyl groups excluding tert-OH is 1. The van der Waals surface area contributed by atoms with Gasteiger partial charge in [-0.25, -0.2) is 0 Å². The molecule has 0 saturated heterocycles. The van der Waals surface area contributed by atoms with Crippen LogP contribution in [0.3, 0.4) is 0 Å². The van der Waals surface area contributed by atoms with Gasteiger partial charge in [-0.2, -0.15) is 17.4 Å². The van der Waals surface area contributed by atoms with E-state index in [1.54, 1.807) is 0 Å². The van der Waals surface area contributed by atoms with Crippen molar-refractivity contribution < 1.29 is 18.3 Å². The molecule has 2 N–H and O–H groups in total. The average molecular weight is 332 g/mol. The number of hydrogen-bond donors (Lipinski definition) is 2. The number of methoxy groups -OCH3 is 1. The van der Waals surface area contributed by atoms with Crippen molar-refractivity contribution in [2.24, 2.45) is 0 Å². The van der Waals surface area contributed by atoms with Crippen molar-refractivity contribution in [2.75, 3.05) is 33.9 Å². The van der Waals surface area contributed by atoms with Crippen LogP contribution in [0.1, 0.15) is 16.9 Å². The van der Waals surface area contributed by atoms with E-state index in [0.717, 1.165) is 10.4 Å². The van der Waals surface area contributed by atoms with Crippen LogP contribution in [-0.2, 0) is 21.5 Å². The Morgan fingerprint density at radius 2 is 2.29 bits per heavy atom. The molecule has 0 atom stereocenters. The molecule has 0 aliphatic rings. The minimum absolute atomic E-state index is 0.0410. The Bertz CT molecular complexity index is 587. The van der Waals surface area contributed by atoms with E-state index in [1.165, 1.54) is 29.8 Å². The summed E-state index contributed by atoms with van der Waals surface area (Å²) in [5.74, 6) is 5.76. The molecule has 1 aromatic heterocycles. The zero-order valence-corrected chi connectivity index (χ0v) is 13.8. The Hall–Kier alpha value is -0.950. The molecular weight excluding hydrogens is 312 g/mol. The lowest BCUT2D eigenvalue weighted by atomic mass is 10.3. The van der Waals surface area contributed by atoms with Crippen LogP contribution in [0, 0.1) is 11.8 Å². The molecule has 6 nitrogen and oxygen atoms in total. The topological polar surface area (TPSA) is 78.9 Å². The van der Waals surface area contributed by atoms with Crippen LogP contribution in [0.5, 0.6) is 0 Å². The van der Waals surface area contributed by atoms with E-state index in [0.29, 0.717) is 13.0 Å². The lowest BCUT2D eigenvalue weighted by Gasteiger charge is -2.16. The van der Waals surface area contributed by atoms with E-state index < -0.39 is 10.2 Å². The van der Waals surface area contributed by atoms with Gasteiger partial charge in [-0.1, -0.05) is 11.8 Å². The highest BCUT2D eigenvalue weighted by Crippen LogP contribution is 2.16. The Morgan fingerprint density at radius 1 is 1.52 bits per heavy atom. The van der Waals surface area contributed by atoms with Gasteiger partial charge < -0.3 is 9.84 Å². The molecule has 1 heterocycles. The lowest BCUT2D eigenvalue weighted by Crippen LogP contribution is -2.39. The summed E-state index contributed by atoms with van der Waals surface area (Å²) in [6.45, 7) is 0.890. The summed E-state index contributed by atoms with van der Waals surface area (Å²) >= 11 is 1.46. The molecule has 0 radical (unpaired) electrons. The Kier molecular flexibility index (Phi) is 7.88. The van der Waals surface area contributed by atoms with Crippen molar-refractivity contribution in [1.29, 1.82) is 0 Å². The zero-order valence-electron chi connectivity index (χ0n) is 12.1. The van der Waals surface area contributed by atoms with E-state index in [9.17, 15) is 8.42 Å². The fourth-order valence-electron chi connectivity index (χ4n) is 1.45. The summed E-state index contributed by atoms with van der Waals surface area (Å²) in [6.07, 6.45) is 0.435. The normalized spacial score (nSPS) is 11.4. The third-order valence-corrected chi connectivity index (χ3v) is 4.92. The van der Waals surface area contributed by atoms with Crippen molar-refractivity contribution in [3.8, 4) is 11.8 Å². The van der Waals surface area contributed by atoms with Crippen molar-refractivity contribution in [3.63, 3.8) is 0 Å². The van der Waals surface area contributed by atoms with Gasteiger partial charge in [0.05, 0.1) is 18.1 Å². The highest BCUT2D eigenvalue weighted by atomic mass is 32.2. The third kappa shape index (κ3) is 6.56. The van der Waals surface area contributed by atoms with Gasteiger partial charge in [0, 0.05) is 33.7 Å². The summed E-state index contributed by atoms with van der Waals surface area (Å²) in [4.78, 5) is 0.858. The minimum atomic E-state index is -3.50. The molecule has 1 aromatic rings. The van der Waals surface area contributed by atoms with Crippen molar-refractivity contribution in [1.82, 2.24) is 9.03 Å². The van der Waals surface area contributed by atoms with E-state index in [2.05, 4.69) is 16.6 Å². The monoisotopic (exact) mass is 332 g/mol. The van der Waals surface area contributed by atoms with Gasteiger partial charge in [0.1, 0.15) is 0 Å². The largest absolute Gasteiger partial charge is 0.395 e. The maximum Gasteiger partial charge on any atom is 0.279 e. The smallest absolute Gasteiger partial charge is 0.279 e. The highest BCUT2D eigenvalue weighted by molar-refractivity contribution is 7.87. The first-order valence-corrected chi connectivity index (χ1v) is 8.68. The Balaban J connectivity index is 2.58. The fourth-order valence-corrected chi connectivity index (χ4v) is 3.11. The van der Waals surface area contributed by atoms with Gasteiger partial charge in [-0.05, 0) is 17.0 Å². The number of ether oxygens (including phenoxy) is 1. The van der Waals surface area contributed by atoms with Crippen LogP contribution in [-0.4, -0.2) is 51.7 Å². The molecule has 21 heavy (non-hydrogen) atoms. The highest BCUT2D eigenvalue weighted by Gasteiger charge is 2.17. The van der Waals surface area contributed by atoms with Gasteiger partial charge in [0.25, 0.3) is 10.2 Å². The maximum absolute atomic E-state index is 11.9. The maximum atomic E-state index is 11.9. The van der Waals surface area contributed by atoms with Gasteiger partial charge >= 0.3 is 0 Å². The average Bonchev–Trinajstić information content (AvgIpc) is 2.87. The molecule has 0 saturated carbocycles. The molecule has 1 rings (SSSR count). The second-order valence-corrected chi connectivity index (χ2v) is 7.02. The van der Waals surface area contributed by atoms with E-state index in [4.69, 9.17) is 9.84 Å². The number of hydrogen-bond acceptors (Lipinski definition) is 5. The van der Waals surface area contributed by atoms with Crippen LogP contribution in [0.4, 0.5) is 0 Å². The second-order valence-electron chi connectivity index (χ2n) is 4.24. The van der Waals surface area contributed by atoms with Gasteiger partial charge in [-0.15, -0.1) is 11.3 Å². The molecule has 0 bridgehead atoms. The van der Waals surface area contributed by atoms with Crippen LogP contribution in [0.2, 0.25) is 0 Å². The molecule has 0 unspecified atom stereocenters. The summed E-state index contributed by atoms with van der Waals surface area (Å²) < 4.78 is 32.4. The van der Waals surface area contributed by atoms with Crippen molar-refractivity contribution >= 4 is 21.5 Å². The summed E-state index contributed by atoms with van der Waals surface area (Å²) in [5, 5.41) is 10.5. The SMILES string of the molecule is COCCNS(=O)(=O)N(C)Cc1csc(C#CCCO)c1. The zero-order chi connectivity index (χ0) is 15.7. The number of rotatable bonds is 8. The molecular formula is C13H20N2O4S2. The molecule has 0 aromatic carbocycles. The van der Waals surface area contributed by atoms with Crippen molar-refractivity contribution in [3.05, 3.63) is 21.9 Å². The summed E-state index contributed by atoms with van der Waals surface area (Å²) in [5.41, 5.74) is 0.882. The first kappa shape index (κ1) is 18.1. The second kappa shape index (κ2) is 9.15. The molecule has 0 spiro atoms. The van der Waals surface area contributed by atoms with Crippen LogP contribution in [0.25, 0.3) is 0 Å². The number of thiophene rings is 1. The van der Waals surface area contributed by atoms with Crippen LogP contribution >= 0.6 is 11.3 Å².